The number of rotatable bonds is 7. The van der Waals surface area contributed by atoms with Gasteiger partial charge in [0.15, 0.2) is 14.0 Å². The maximum atomic E-state index is 11.4. The Balaban J connectivity index is 1.23. The van der Waals surface area contributed by atoms with Gasteiger partial charge < -0.3 is 19.3 Å². The van der Waals surface area contributed by atoms with Crippen LogP contribution in [0.15, 0.2) is 59.2 Å². The first-order valence-electron chi connectivity index (χ1n) is 14.0. The number of carbonyl (C=O) groups excluding carboxylic acids is 1. The van der Waals surface area contributed by atoms with Crippen LogP contribution in [0.25, 0.3) is 27.9 Å². The van der Waals surface area contributed by atoms with Crippen molar-refractivity contribution in [2.45, 2.75) is 45.3 Å². The summed E-state index contributed by atoms with van der Waals surface area (Å²) in [5.41, 5.74) is 10.3. The van der Waals surface area contributed by atoms with E-state index in [1.165, 1.54) is 11.1 Å². The molecule has 0 atom stereocenters. The molecule has 1 amide bonds. The molecule has 1 saturated heterocycles. The van der Waals surface area contributed by atoms with Crippen molar-refractivity contribution in [3.63, 3.8) is 0 Å². The number of furan rings is 1. The molecule has 0 bridgehead atoms. The van der Waals surface area contributed by atoms with Crippen LogP contribution in [0.3, 0.4) is 0 Å². The zero-order chi connectivity index (χ0) is 28.7. The molecule has 2 N–H and O–H groups in total. The van der Waals surface area contributed by atoms with Gasteiger partial charge in [0.1, 0.15) is 5.58 Å². The number of anilines is 1. The number of aromatic nitrogens is 1. The normalized spacial score (nSPS) is 15.3. The van der Waals surface area contributed by atoms with Crippen LogP contribution in [-0.2, 0) is 0 Å². The van der Waals surface area contributed by atoms with Gasteiger partial charge in [-0.25, -0.2) is 0 Å². The highest BCUT2D eigenvalue weighted by Crippen LogP contribution is 2.40. The second kappa shape index (κ2) is 10.6. The number of nitriles is 1. The summed E-state index contributed by atoms with van der Waals surface area (Å²) in [5.74, 6) is -0.353. The number of primary amides is 1. The minimum absolute atomic E-state index is 0.195. The Kier molecular flexibility index (Phi) is 7.38. The SMILES string of the molecule is CC(C)(C)[Si](C)(C)n1cc(C=CCCN2CCN(c3ccc4oc(C(N)=O)cc4c3)CC2)c2cc(C#N)ccc21. The van der Waals surface area contributed by atoms with Crippen LogP contribution in [0, 0.1) is 11.3 Å². The van der Waals surface area contributed by atoms with Gasteiger partial charge in [-0.15, -0.1) is 0 Å². The van der Waals surface area contributed by atoms with Crippen LogP contribution in [-0.4, -0.2) is 56.0 Å². The summed E-state index contributed by atoms with van der Waals surface area (Å²) in [4.78, 5) is 16.3. The number of hydrogen-bond acceptors (Lipinski definition) is 5. The smallest absolute Gasteiger partial charge is 0.284 e. The number of hydrogen-bond donors (Lipinski definition) is 1. The van der Waals surface area contributed by atoms with E-state index in [9.17, 15) is 10.1 Å². The molecule has 1 aliphatic rings. The molecule has 7 nitrogen and oxygen atoms in total. The Hall–Kier alpha value is -3.80. The van der Waals surface area contributed by atoms with Crippen molar-refractivity contribution in [2.24, 2.45) is 5.73 Å². The van der Waals surface area contributed by atoms with Crippen molar-refractivity contribution >= 4 is 47.8 Å². The number of amides is 1. The third kappa shape index (κ3) is 5.32. The molecule has 0 unspecified atom stereocenters. The topological polar surface area (TPSA) is 91.4 Å². The molecule has 8 heteroatoms. The molecule has 40 heavy (non-hydrogen) atoms. The Labute approximate surface area is 237 Å². The molecule has 3 heterocycles. The summed E-state index contributed by atoms with van der Waals surface area (Å²) >= 11 is 0. The van der Waals surface area contributed by atoms with Gasteiger partial charge in [0, 0.05) is 60.9 Å². The number of piperazine rings is 1. The third-order valence-corrected chi connectivity index (χ3v) is 14.0. The molecule has 2 aromatic heterocycles. The van der Waals surface area contributed by atoms with Crippen LogP contribution in [0.4, 0.5) is 5.69 Å². The van der Waals surface area contributed by atoms with Crippen molar-refractivity contribution in [3.8, 4) is 6.07 Å². The fourth-order valence-corrected chi connectivity index (χ4v) is 7.31. The van der Waals surface area contributed by atoms with Gasteiger partial charge in [0.05, 0.1) is 11.6 Å². The van der Waals surface area contributed by atoms with Crippen molar-refractivity contribution < 1.29 is 9.21 Å². The van der Waals surface area contributed by atoms with E-state index >= 15 is 0 Å². The van der Waals surface area contributed by atoms with E-state index in [4.69, 9.17) is 10.2 Å². The average molecular weight is 554 g/mol. The van der Waals surface area contributed by atoms with Gasteiger partial charge in [0.2, 0.25) is 0 Å². The lowest BCUT2D eigenvalue weighted by Gasteiger charge is -2.38. The van der Waals surface area contributed by atoms with Gasteiger partial charge >= 0.3 is 0 Å². The van der Waals surface area contributed by atoms with Crippen LogP contribution < -0.4 is 10.6 Å². The van der Waals surface area contributed by atoms with E-state index in [2.05, 4.69) is 84.4 Å². The summed E-state index contributed by atoms with van der Waals surface area (Å²) in [5, 5.41) is 11.8. The fourth-order valence-electron chi connectivity index (χ4n) is 5.33. The summed E-state index contributed by atoms with van der Waals surface area (Å²) < 4.78 is 8.03. The molecule has 4 aromatic rings. The molecule has 0 saturated carbocycles. The molecule has 0 spiro atoms. The second-order valence-corrected chi connectivity index (χ2v) is 17.4. The number of fused-ring (bicyclic) bond motifs is 2. The van der Waals surface area contributed by atoms with Crippen molar-refractivity contribution in [3.05, 3.63) is 71.6 Å². The number of benzene rings is 2. The lowest BCUT2D eigenvalue weighted by atomic mass is 10.1. The quantitative estimate of drug-likeness (QED) is 0.266. The van der Waals surface area contributed by atoms with Crippen molar-refractivity contribution in [1.29, 1.82) is 5.26 Å². The minimum atomic E-state index is -1.82. The molecule has 2 aromatic carbocycles. The summed E-state index contributed by atoms with van der Waals surface area (Å²) in [7, 11) is -1.82. The first kappa shape index (κ1) is 27.8. The van der Waals surface area contributed by atoms with Gasteiger partial charge in [0.25, 0.3) is 5.91 Å². The highest BCUT2D eigenvalue weighted by atomic mass is 28.3. The van der Waals surface area contributed by atoms with Gasteiger partial charge in [-0.2, -0.15) is 5.26 Å². The van der Waals surface area contributed by atoms with E-state index in [-0.39, 0.29) is 10.8 Å². The standard InChI is InChI=1S/C32H39N5O2Si/c1-32(2,3)40(4,5)37-22-24(27-18-23(21-33)9-11-28(27)37)8-6-7-13-35-14-16-36(17-15-35)26-10-12-29-25(19-26)20-30(39-29)31(34)38/h6,8-12,18-20,22H,7,13-17H2,1-5H3,(H2,34,38). The second-order valence-electron chi connectivity index (χ2n) is 12.3. The minimum Gasteiger partial charge on any atom is -0.451 e. The average Bonchev–Trinajstić information content (AvgIpc) is 3.52. The van der Waals surface area contributed by atoms with Crippen molar-refractivity contribution in [2.75, 3.05) is 37.6 Å². The van der Waals surface area contributed by atoms with Gasteiger partial charge in [-0.3, -0.25) is 9.69 Å². The Morgan fingerprint density at radius 2 is 1.85 bits per heavy atom. The molecular formula is C32H39N5O2Si. The first-order chi connectivity index (χ1) is 19.0. The maximum Gasteiger partial charge on any atom is 0.284 e. The first-order valence-corrected chi connectivity index (χ1v) is 17.0. The zero-order valence-electron chi connectivity index (χ0n) is 24.2. The fraction of sp³-hybridized carbons (Fsp3) is 0.375. The predicted molar refractivity (Wildman–Crippen MR) is 166 cm³/mol. The predicted octanol–water partition coefficient (Wildman–Crippen LogP) is 6.44. The van der Waals surface area contributed by atoms with E-state index in [1.54, 1.807) is 6.07 Å². The highest BCUT2D eigenvalue weighted by Gasteiger charge is 2.38. The molecular weight excluding hydrogens is 514 g/mol. The lowest BCUT2D eigenvalue weighted by molar-refractivity contribution is 0.0976. The lowest BCUT2D eigenvalue weighted by Crippen LogP contribution is -2.46. The number of carbonyl (C=O) groups is 1. The summed E-state index contributed by atoms with van der Waals surface area (Å²) in [6.45, 7) is 16.8. The third-order valence-electron chi connectivity index (χ3n) is 8.79. The molecule has 0 aliphatic carbocycles. The zero-order valence-corrected chi connectivity index (χ0v) is 25.2. The highest BCUT2D eigenvalue weighted by molar-refractivity contribution is 6.79. The summed E-state index contributed by atoms with van der Waals surface area (Å²) in [6, 6.07) is 16.1. The largest absolute Gasteiger partial charge is 0.451 e. The molecule has 1 aliphatic heterocycles. The monoisotopic (exact) mass is 553 g/mol. The van der Waals surface area contributed by atoms with Crippen LogP contribution in [0.2, 0.25) is 18.1 Å². The van der Waals surface area contributed by atoms with Crippen LogP contribution >= 0.6 is 0 Å². The Morgan fingerprint density at radius 3 is 2.52 bits per heavy atom. The molecule has 5 rings (SSSR count). The van der Waals surface area contributed by atoms with Gasteiger partial charge in [-0.05, 0) is 59.5 Å². The van der Waals surface area contributed by atoms with Crippen LogP contribution in [0.5, 0.6) is 0 Å². The van der Waals surface area contributed by atoms with Gasteiger partial charge in [-0.1, -0.05) is 46.0 Å². The van der Waals surface area contributed by atoms with Crippen LogP contribution in [0.1, 0.15) is 48.9 Å². The maximum absolute atomic E-state index is 11.4. The molecule has 1 fully saturated rings. The summed E-state index contributed by atoms with van der Waals surface area (Å²) in [6.07, 6.45) is 7.80. The number of nitrogens with two attached hydrogens (primary N) is 1. The molecule has 208 valence electrons. The van der Waals surface area contributed by atoms with E-state index < -0.39 is 14.1 Å². The van der Waals surface area contributed by atoms with E-state index in [1.807, 2.05) is 24.3 Å². The van der Waals surface area contributed by atoms with E-state index in [0.717, 1.165) is 55.6 Å². The van der Waals surface area contributed by atoms with Crippen molar-refractivity contribution in [1.82, 2.24) is 9.13 Å². The number of nitrogens with zero attached hydrogens (tertiary/aromatic N) is 4. The molecule has 0 radical (unpaired) electrons. The Morgan fingerprint density at radius 1 is 1.10 bits per heavy atom. The Bertz CT molecular complexity index is 1620. The van der Waals surface area contributed by atoms with E-state index in [0.29, 0.717) is 11.1 Å².